The lowest BCUT2D eigenvalue weighted by molar-refractivity contribution is -0.140. The third-order valence-corrected chi connectivity index (χ3v) is 3.79. The molecule has 0 bridgehead atoms. The van der Waals surface area contributed by atoms with E-state index in [1.54, 1.807) is 0 Å². The van der Waals surface area contributed by atoms with E-state index in [1.807, 2.05) is 4.90 Å². The molecule has 0 unspecified atom stereocenters. The Morgan fingerprint density at radius 1 is 1.25 bits per heavy atom. The van der Waals surface area contributed by atoms with Crippen LogP contribution in [0.25, 0.3) is 0 Å². The lowest BCUT2D eigenvalue weighted by Crippen LogP contribution is -2.45. The molecule has 1 saturated heterocycles. The Labute approximate surface area is 102 Å². The molecule has 0 atom stereocenters. The largest absolute Gasteiger partial charge is 0.377 e. The Bertz CT molecular complexity index is 235. The van der Waals surface area contributed by atoms with Gasteiger partial charge in [-0.15, -0.1) is 11.6 Å². The van der Waals surface area contributed by atoms with Gasteiger partial charge in [0.2, 0.25) is 5.91 Å². The molecule has 0 radical (unpaired) electrons. The molecule has 3 nitrogen and oxygen atoms in total. The second-order valence-electron chi connectivity index (χ2n) is 4.71. The molecule has 1 aliphatic heterocycles. The molecule has 1 amide bonds. The summed E-state index contributed by atoms with van der Waals surface area (Å²) in [7, 11) is 0. The van der Waals surface area contributed by atoms with Crippen LogP contribution in [0.3, 0.4) is 0 Å². The SMILES string of the molecule is O=C(C1CCC1)N1CCC(OCCCl)CC1. The number of nitrogens with zero attached hydrogens (tertiary/aromatic N) is 1. The molecule has 4 heteroatoms. The molecule has 16 heavy (non-hydrogen) atoms. The highest BCUT2D eigenvalue weighted by atomic mass is 35.5. The molecule has 92 valence electrons. The average molecular weight is 246 g/mol. The number of halogens is 1. The minimum atomic E-state index is 0.309. The van der Waals surface area contributed by atoms with E-state index in [0.717, 1.165) is 38.8 Å². The molecular formula is C12H20ClNO2. The smallest absolute Gasteiger partial charge is 0.225 e. The standard InChI is InChI=1S/C12H20ClNO2/c13-6-9-16-11-4-7-14(8-5-11)12(15)10-2-1-3-10/h10-11H,1-9H2. The van der Waals surface area contributed by atoms with Gasteiger partial charge in [-0.25, -0.2) is 0 Å². The normalized spacial score (nSPS) is 23.2. The number of rotatable bonds is 4. The van der Waals surface area contributed by atoms with E-state index in [2.05, 4.69) is 0 Å². The van der Waals surface area contributed by atoms with Gasteiger partial charge >= 0.3 is 0 Å². The van der Waals surface area contributed by atoms with Crippen molar-refractivity contribution in [1.82, 2.24) is 4.90 Å². The zero-order valence-corrected chi connectivity index (χ0v) is 10.4. The summed E-state index contributed by atoms with van der Waals surface area (Å²) in [6.07, 6.45) is 5.67. The number of carbonyl (C=O) groups excluding carboxylic acids is 1. The second-order valence-corrected chi connectivity index (χ2v) is 5.09. The van der Waals surface area contributed by atoms with E-state index < -0.39 is 0 Å². The Balaban J connectivity index is 1.69. The number of alkyl halides is 1. The lowest BCUT2D eigenvalue weighted by atomic mass is 9.84. The first-order chi connectivity index (χ1) is 7.81. The van der Waals surface area contributed by atoms with Crippen LogP contribution < -0.4 is 0 Å². The summed E-state index contributed by atoms with van der Waals surface area (Å²) in [6.45, 7) is 2.35. The van der Waals surface area contributed by atoms with Crippen LogP contribution in [-0.4, -0.2) is 42.5 Å². The fourth-order valence-electron chi connectivity index (χ4n) is 2.37. The third kappa shape index (κ3) is 2.89. The monoisotopic (exact) mass is 245 g/mol. The van der Waals surface area contributed by atoms with Gasteiger partial charge in [0.1, 0.15) is 0 Å². The van der Waals surface area contributed by atoms with Crippen LogP contribution in [0, 0.1) is 5.92 Å². The van der Waals surface area contributed by atoms with Gasteiger partial charge in [-0.1, -0.05) is 6.42 Å². The maximum absolute atomic E-state index is 12.0. The predicted molar refractivity (Wildman–Crippen MR) is 63.6 cm³/mol. The number of likely N-dealkylation sites (tertiary alicyclic amines) is 1. The minimum absolute atomic E-state index is 0.309. The van der Waals surface area contributed by atoms with E-state index in [1.165, 1.54) is 6.42 Å². The first-order valence-electron chi connectivity index (χ1n) is 6.27. The lowest BCUT2D eigenvalue weighted by Gasteiger charge is -2.36. The number of carbonyl (C=O) groups is 1. The second kappa shape index (κ2) is 5.87. The number of piperidine rings is 1. The third-order valence-electron chi connectivity index (χ3n) is 3.64. The van der Waals surface area contributed by atoms with E-state index in [4.69, 9.17) is 16.3 Å². The Hall–Kier alpha value is -0.280. The first kappa shape index (κ1) is 12.2. The molecule has 1 heterocycles. The van der Waals surface area contributed by atoms with Gasteiger partial charge < -0.3 is 9.64 Å². The fourth-order valence-corrected chi connectivity index (χ4v) is 2.46. The molecule has 2 aliphatic rings. The minimum Gasteiger partial charge on any atom is -0.377 e. The highest BCUT2D eigenvalue weighted by Gasteiger charge is 2.31. The molecule has 0 spiro atoms. The predicted octanol–water partition coefficient (Wildman–Crippen LogP) is 2.03. The molecule has 0 N–H and O–H groups in total. The summed E-state index contributed by atoms with van der Waals surface area (Å²) in [4.78, 5) is 14.0. The van der Waals surface area contributed by atoms with Crippen molar-refractivity contribution in [1.29, 1.82) is 0 Å². The molecule has 0 aromatic heterocycles. The van der Waals surface area contributed by atoms with Gasteiger partial charge in [0, 0.05) is 24.9 Å². The highest BCUT2D eigenvalue weighted by Crippen LogP contribution is 2.29. The molecule has 2 fully saturated rings. The van der Waals surface area contributed by atoms with E-state index in [9.17, 15) is 4.79 Å². The zero-order valence-electron chi connectivity index (χ0n) is 9.66. The van der Waals surface area contributed by atoms with Crippen LogP contribution >= 0.6 is 11.6 Å². The van der Waals surface area contributed by atoms with Crippen LogP contribution in [0.5, 0.6) is 0 Å². The number of ether oxygens (including phenoxy) is 1. The molecule has 1 aliphatic carbocycles. The van der Waals surface area contributed by atoms with Gasteiger partial charge in [0.05, 0.1) is 12.7 Å². The molecule has 2 rings (SSSR count). The summed E-state index contributed by atoms with van der Waals surface area (Å²) >= 11 is 5.58. The summed E-state index contributed by atoms with van der Waals surface area (Å²) in [6, 6.07) is 0. The Kier molecular flexibility index (Phi) is 4.47. The topological polar surface area (TPSA) is 29.5 Å². The van der Waals surface area contributed by atoms with E-state index in [0.29, 0.717) is 30.4 Å². The summed E-state index contributed by atoms with van der Waals surface area (Å²) < 4.78 is 5.59. The highest BCUT2D eigenvalue weighted by molar-refractivity contribution is 6.17. The quantitative estimate of drug-likeness (QED) is 0.710. The maximum atomic E-state index is 12.0. The van der Waals surface area contributed by atoms with Crippen LogP contribution in [-0.2, 0) is 9.53 Å². The maximum Gasteiger partial charge on any atom is 0.225 e. The van der Waals surface area contributed by atoms with E-state index >= 15 is 0 Å². The van der Waals surface area contributed by atoms with Crippen molar-refractivity contribution in [3.8, 4) is 0 Å². The van der Waals surface area contributed by atoms with Crippen LogP contribution in [0.4, 0.5) is 0 Å². The first-order valence-corrected chi connectivity index (χ1v) is 6.81. The van der Waals surface area contributed by atoms with Crippen LogP contribution in [0.1, 0.15) is 32.1 Å². The van der Waals surface area contributed by atoms with Gasteiger partial charge in [-0.3, -0.25) is 4.79 Å². The van der Waals surface area contributed by atoms with Crippen LogP contribution in [0.2, 0.25) is 0 Å². The van der Waals surface area contributed by atoms with Gasteiger partial charge in [-0.2, -0.15) is 0 Å². The van der Waals surface area contributed by atoms with Crippen molar-refractivity contribution in [2.75, 3.05) is 25.6 Å². The van der Waals surface area contributed by atoms with Gasteiger partial charge in [-0.05, 0) is 25.7 Å². The van der Waals surface area contributed by atoms with Gasteiger partial charge in [0.25, 0.3) is 0 Å². The molecule has 0 aromatic rings. The zero-order chi connectivity index (χ0) is 11.4. The Morgan fingerprint density at radius 2 is 1.94 bits per heavy atom. The van der Waals surface area contributed by atoms with E-state index in [-0.39, 0.29) is 0 Å². The summed E-state index contributed by atoms with van der Waals surface area (Å²) in [5.74, 6) is 1.27. The Morgan fingerprint density at radius 3 is 2.44 bits per heavy atom. The van der Waals surface area contributed by atoms with Crippen molar-refractivity contribution < 1.29 is 9.53 Å². The van der Waals surface area contributed by atoms with Crippen molar-refractivity contribution in [3.05, 3.63) is 0 Å². The molecule has 0 aromatic carbocycles. The van der Waals surface area contributed by atoms with Crippen LogP contribution in [0.15, 0.2) is 0 Å². The molecule has 1 saturated carbocycles. The fraction of sp³-hybridized carbons (Fsp3) is 0.917. The number of hydrogen-bond donors (Lipinski definition) is 0. The number of amides is 1. The number of hydrogen-bond acceptors (Lipinski definition) is 2. The van der Waals surface area contributed by atoms with Gasteiger partial charge in [0.15, 0.2) is 0 Å². The van der Waals surface area contributed by atoms with Crippen molar-refractivity contribution in [3.63, 3.8) is 0 Å². The summed E-state index contributed by atoms with van der Waals surface area (Å²) in [5, 5.41) is 0. The summed E-state index contributed by atoms with van der Waals surface area (Å²) in [5.41, 5.74) is 0. The average Bonchev–Trinajstić information content (AvgIpc) is 2.24. The van der Waals surface area contributed by atoms with Crippen molar-refractivity contribution >= 4 is 17.5 Å². The van der Waals surface area contributed by atoms with Crippen molar-refractivity contribution in [2.45, 2.75) is 38.2 Å². The van der Waals surface area contributed by atoms with Crippen molar-refractivity contribution in [2.24, 2.45) is 5.92 Å². The molecular weight excluding hydrogens is 226 g/mol.